The summed E-state index contributed by atoms with van der Waals surface area (Å²) in [5.41, 5.74) is 5.69. The van der Waals surface area contributed by atoms with Crippen LogP contribution in [0.3, 0.4) is 0 Å². The summed E-state index contributed by atoms with van der Waals surface area (Å²) in [5, 5.41) is 7.37. The van der Waals surface area contributed by atoms with Crippen molar-refractivity contribution in [3.05, 3.63) is 47.3 Å². The Morgan fingerprint density at radius 3 is 2.78 bits per heavy atom. The van der Waals surface area contributed by atoms with Crippen molar-refractivity contribution in [1.82, 2.24) is 15.0 Å². The summed E-state index contributed by atoms with van der Waals surface area (Å²) in [5.74, 6) is -2.13. The van der Waals surface area contributed by atoms with E-state index in [2.05, 4.69) is 10.3 Å². The molecule has 18 heavy (non-hydrogen) atoms. The third kappa shape index (κ3) is 2.57. The molecule has 0 aliphatic rings. The Balaban J connectivity index is 2.16. The molecular weight excluding hydrogens is 242 g/mol. The first kappa shape index (κ1) is 12.3. The summed E-state index contributed by atoms with van der Waals surface area (Å²) >= 11 is 0. The molecule has 1 aromatic heterocycles. The van der Waals surface area contributed by atoms with E-state index in [0.29, 0.717) is 11.8 Å². The molecule has 2 N–H and O–H groups in total. The van der Waals surface area contributed by atoms with Crippen molar-refractivity contribution >= 4 is 5.78 Å². The Morgan fingerprint density at radius 2 is 2.17 bits per heavy atom. The highest BCUT2D eigenvalue weighted by molar-refractivity contribution is 5.96. The molecule has 94 valence electrons. The number of benzene rings is 1. The number of Topliss-reactive ketones (excluding diaryl/α,β-unsaturated/α-hetero) is 1. The van der Waals surface area contributed by atoms with E-state index in [-0.39, 0.29) is 18.7 Å². The van der Waals surface area contributed by atoms with Gasteiger partial charge in [-0.1, -0.05) is 5.21 Å². The Kier molecular flexibility index (Phi) is 3.42. The third-order valence-corrected chi connectivity index (χ3v) is 2.33. The second-order valence-corrected chi connectivity index (χ2v) is 3.66. The normalized spacial score (nSPS) is 10.6. The predicted molar refractivity (Wildman–Crippen MR) is 58.6 cm³/mol. The highest BCUT2D eigenvalue weighted by atomic mass is 19.1. The van der Waals surface area contributed by atoms with Crippen LogP contribution >= 0.6 is 0 Å². The molecule has 0 atom stereocenters. The van der Waals surface area contributed by atoms with Crippen molar-refractivity contribution < 1.29 is 13.6 Å². The van der Waals surface area contributed by atoms with Gasteiger partial charge >= 0.3 is 0 Å². The van der Waals surface area contributed by atoms with Gasteiger partial charge in [0, 0.05) is 12.6 Å². The molecule has 0 aliphatic carbocycles. The molecule has 0 saturated heterocycles. The Labute approximate surface area is 101 Å². The fraction of sp³-hybridized carbons (Fsp3) is 0.182. The zero-order valence-corrected chi connectivity index (χ0v) is 9.31. The zero-order valence-electron chi connectivity index (χ0n) is 9.31. The van der Waals surface area contributed by atoms with Gasteiger partial charge in [-0.25, -0.2) is 13.5 Å². The molecule has 7 heteroatoms. The van der Waals surface area contributed by atoms with Crippen LogP contribution in [-0.2, 0) is 13.1 Å². The maximum Gasteiger partial charge on any atom is 0.187 e. The monoisotopic (exact) mass is 252 g/mol. The molecule has 2 aromatic rings. The molecule has 0 amide bonds. The number of hydrogen-bond acceptors (Lipinski definition) is 4. The lowest BCUT2D eigenvalue weighted by Gasteiger charge is -2.02. The summed E-state index contributed by atoms with van der Waals surface area (Å²) in [6, 6.07) is 2.80. The number of halogens is 2. The second-order valence-electron chi connectivity index (χ2n) is 3.66. The van der Waals surface area contributed by atoms with Crippen molar-refractivity contribution in [3.63, 3.8) is 0 Å². The van der Waals surface area contributed by atoms with Crippen LogP contribution in [-0.4, -0.2) is 20.8 Å². The minimum Gasteiger partial charge on any atom is -0.325 e. The molecule has 0 fully saturated rings. The van der Waals surface area contributed by atoms with E-state index >= 15 is 0 Å². The van der Waals surface area contributed by atoms with Crippen molar-refractivity contribution in [2.75, 3.05) is 0 Å². The van der Waals surface area contributed by atoms with Crippen LogP contribution in [0.5, 0.6) is 0 Å². The number of rotatable bonds is 4. The summed E-state index contributed by atoms with van der Waals surface area (Å²) in [4.78, 5) is 11.8. The molecule has 0 saturated carbocycles. The highest BCUT2D eigenvalue weighted by Gasteiger charge is 2.13. The first-order valence-electron chi connectivity index (χ1n) is 5.17. The number of ketones is 1. The lowest BCUT2D eigenvalue weighted by molar-refractivity contribution is 0.0963. The van der Waals surface area contributed by atoms with Crippen molar-refractivity contribution in [3.8, 4) is 0 Å². The number of carbonyl (C=O) groups is 1. The van der Waals surface area contributed by atoms with Gasteiger partial charge in [0.1, 0.15) is 18.2 Å². The van der Waals surface area contributed by atoms with Crippen molar-refractivity contribution in [2.45, 2.75) is 13.1 Å². The molecule has 5 nitrogen and oxygen atoms in total. The predicted octanol–water partition coefficient (Wildman–Crippen LogP) is 0.898. The summed E-state index contributed by atoms with van der Waals surface area (Å²) in [7, 11) is 0. The molecule has 1 heterocycles. The van der Waals surface area contributed by atoms with Gasteiger partial charge in [0.15, 0.2) is 5.78 Å². The van der Waals surface area contributed by atoms with Crippen LogP contribution in [0.2, 0.25) is 0 Å². The van der Waals surface area contributed by atoms with Gasteiger partial charge in [0.2, 0.25) is 0 Å². The van der Waals surface area contributed by atoms with Gasteiger partial charge < -0.3 is 5.73 Å². The topological polar surface area (TPSA) is 73.8 Å². The molecule has 0 unspecified atom stereocenters. The summed E-state index contributed by atoms with van der Waals surface area (Å²) in [6.07, 6.45) is 1.50. The van der Waals surface area contributed by atoms with Gasteiger partial charge in [0.05, 0.1) is 17.5 Å². The number of carbonyl (C=O) groups excluding carboxylic acids is 1. The SMILES string of the molecule is NCc1cn(CC(=O)c2ccc(F)cc2F)nn1. The number of hydrogen-bond donors (Lipinski definition) is 1. The maximum atomic E-state index is 13.3. The van der Waals surface area contributed by atoms with E-state index in [1.165, 1.54) is 10.9 Å². The lowest BCUT2D eigenvalue weighted by Crippen LogP contribution is -2.12. The van der Waals surface area contributed by atoms with E-state index in [4.69, 9.17) is 5.73 Å². The minimum atomic E-state index is -0.890. The molecule has 0 spiro atoms. The van der Waals surface area contributed by atoms with Gasteiger partial charge in [-0.2, -0.15) is 0 Å². The minimum absolute atomic E-state index is 0.171. The van der Waals surface area contributed by atoms with Crippen LogP contribution in [0.4, 0.5) is 8.78 Å². The Bertz CT molecular complexity index is 582. The molecule has 0 bridgehead atoms. The standard InChI is InChI=1S/C11H10F2N4O/c12-7-1-2-9(10(13)3-7)11(18)6-17-5-8(4-14)15-16-17/h1-3,5H,4,6,14H2. The number of nitrogens with zero attached hydrogens (tertiary/aromatic N) is 3. The second kappa shape index (κ2) is 5.01. The van der Waals surface area contributed by atoms with Crippen molar-refractivity contribution in [1.29, 1.82) is 0 Å². The lowest BCUT2D eigenvalue weighted by atomic mass is 10.1. The molecule has 2 rings (SSSR count). The van der Waals surface area contributed by atoms with Gasteiger partial charge in [-0.05, 0) is 12.1 Å². The average Bonchev–Trinajstić information content (AvgIpc) is 2.76. The quantitative estimate of drug-likeness (QED) is 0.820. The van der Waals surface area contributed by atoms with E-state index in [1.54, 1.807) is 0 Å². The fourth-order valence-corrected chi connectivity index (χ4v) is 1.46. The Hall–Kier alpha value is -2.15. The number of aromatic nitrogens is 3. The summed E-state index contributed by atoms with van der Waals surface area (Å²) in [6.45, 7) is 0.0364. The average molecular weight is 252 g/mol. The first-order chi connectivity index (χ1) is 8.60. The van der Waals surface area contributed by atoms with E-state index < -0.39 is 17.4 Å². The van der Waals surface area contributed by atoms with Crippen LogP contribution in [0.15, 0.2) is 24.4 Å². The maximum absolute atomic E-state index is 13.3. The molecule has 0 radical (unpaired) electrons. The van der Waals surface area contributed by atoms with Crippen molar-refractivity contribution in [2.24, 2.45) is 5.73 Å². The van der Waals surface area contributed by atoms with E-state index in [9.17, 15) is 13.6 Å². The van der Waals surface area contributed by atoms with Crippen LogP contribution in [0.1, 0.15) is 16.1 Å². The van der Waals surface area contributed by atoms with Gasteiger partial charge in [0.25, 0.3) is 0 Å². The van der Waals surface area contributed by atoms with E-state index in [0.717, 1.165) is 12.1 Å². The van der Waals surface area contributed by atoms with Crippen LogP contribution < -0.4 is 5.73 Å². The molecule has 1 aromatic carbocycles. The smallest absolute Gasteiger partial charge is 0.187 e. The largest absolute Gasteiger partial charge is 0.325 e. The molecule has 0 aliphatic heterocycles. The van der Waals surface area contributed by atoms with Crippen LogP contribution in [0.25, 0.3) is 0 Å². The Morgan fingerprint density at radius 1 is 1.39 bits per heavy atom. The third-order valence-electron chi connectivity index (χ3n) is 2.33. The first-order valence-corrected chi connectivity index (χ1v) is 5.17. The highest BCUT2D eigenvalue weighted by Crippen LogP contribution is 2.11. The zero-order chi connectivity index (χ0) is 13.1. The molecular formula is C11H10F2N4O. The van der Waals surface area contributed by atoms with Crippen LogP contribution in [0, 0.1) is 11.6 Å². The summed E-state index contributed by atoms with van der Waals surface area (Å²) < 4.78 is 27.3. The fourth-order valence-electron chi connectivity index (χ4n) is 1.46. The number of nitrogens with two attached hydrogens (primary N) is 1. The van der Waals surface area contributed by atoms with Gasteiger partial charge in [-0.3, -0.25) is 4.79 Å². The van der Waals surface area contributed by atoms with E-state index in [1.807, 2.05) is 0 Å². The van der Waals surface area contributed by atoms with Gasteiger partial charge in [-0.15, -0.1) is 5.10 Å².